The SMILES string of the molecule is FC(F)(F)c1nnc(NCc2cccc3c2OCO3)s1. The second-order valence-corrected chi connectivity index (χ2v) is 4.89. The van der Waals surface area contributed by atoms with Gasteiger partial charge in [-0.2, -0.15) is 13.2 Å². The molecule has 0 fully saturated rings. The molecule has 0 aliphatic carbocycles. The molecule has 0 unspecified atom stereocenters. The van der Waals surface area contributed by atoms with Gasteiger partial charge in [-0.25, -0.2) is 0 Å². The summed E-state index contributed by atoms with van der Waals surface area (Å²) >= 11 is 0.462. The molecule has 1 aromatic heterocycles. The second-order valence-electron chi connectivity index (χ2n) is 3.91. The first-order valence-corrected chi connectivity index (χ1v) is 6.38. The summed E-state index contributed by atoms with van der Waals surface area (Å²) < 4.78 is 47.7. The molecule has 1 N–H and O–H groups in total. The topological polar surface area (TPSA) is 56.3 Å². The monoisotopic (exact) mass is 303 g/mol. The Morgan fingerprint density at radius 2 is 2.10 bits per heavy atom. The van der Waals surface area contributed by atoms with Crippen LogP contribution < -0.4 is 14.8 Å². The van der Waals surface area contributed by atoms with Crippen molar-refractivity contribution in [3.63, 3.8) is 0 Å². The average Bonchev–Trinajstić information content (AvgIpc) is 3.04. The van der Waals surface area contributed by atoms with Crippen molar-refractivity contribution in [1.82, 2.24) is 10.2 Å². The summed E-state index contributed by atoms with van der Waals surface area (Å²) in [5.74, 6) is 1.22. The molecule has 106 valence electrons. The third-order valence-electron chi connectivity index (χ3n) is 2.58. The Hall–Kier alpha value is -2.03. The molecule has 0 atom stereocenters. The minimum Gasteiger partial charge on any atom is -0.454 e. The van der Waals surface area contributed by atoms with E-state index in [4.69, 9.17) is 9.47 Å². The summed E-state index contributed by atoms with van der Waals surface area (Å²) in [6.07, 6.45) is -4.47. The zero-order valence-corrected chi connectivity index (χ0v) is 10.7. The number of halogens is 3. The van der Waals surface area contributed by atoms with Gasteiger partial charge < -0.3 is 14.8 Å². The number of rotatable bonds is 3. The van der Waals surface area contributed by atoms with E-state index in [9.17, 15) is 13.2 Å². The van der Waals surface area contributed by atoms with Crippen molar-refractivity contribution in [2.75, 3.05) is 12.1 Å². The predicted octanol–water partition coefficient (Wildman–Crippen LogP) is 2.90. The molecule has 0 spiro atoms. The first-order valence-electron chi connectivity index (χ1n) is 5.56. The van der Waals surface area contributed by atoms with Crippen molar-refractivity contribution >= 4 is 16.5 Å². The van der Waals surface area contributed by atoms with Crippen LogP contribution in [0.3, 0.4) is 0 Å². The van der Waals surface area contributed by atoms with Gasteiger partial charge in [0.25, 0.3) is 0 Å². The molecule has 0 saturated carbocycles. The first-order chi connectivity index (χ1) is 9.54. The van der Waals surface area contributed by atoms with Crippen molar-refractivity contribution in [2.24, 2.45) is 0 Å². The van der Waals surface area contributed by atoms with Crippen LogP contribution in [0.4, 0.5) is 18.3 Å². The molecule has 0 bridgehead atoms. The van der Waals surface area contributed by atoms with Crippen molar-refractivity contribution in [3.05, 3.63) is 28.8 Å². The van der Waals surface area contributed by atoms with Crippen LogP contribution in [-0.4, -0.2) is 17.0 Å². The Kier molecular flexibility index (Phi) is 3.13. The Balaban J connectivity index is 1.71. The Morgan fingerprint density at radius 3 is 2.85 bits per heavy atom. The number of ether oxygens (including phenoxy) is 2. The number of hydrogen-bond acceptors (Lipinski definition) is 6. The van der Waals surface area contributed by atoms with Gasteiger partial charge in [0.2, 0.25) is 16.9 Å². The maximum atomic E-state index is 12.4. The minimum atomic E-state index is -4.47. The average molecular weight is 303 g/mol. The molecule has 1 aliphatic rings. The van der Waals surface area contributed by atoms with E-state index in [0.29, 0.717) is 22.8 Å². The molecule has 0 amide bonds. The molecule has 3 rings (SSSR count). The van der Waals surface area contributed by atoms with Crippen LogP contribution in [-0.2, 0) is 12.7 Å². The lowest BCUT2D eigenvalue weighted by Crippen LogP contribution is -2.03. The molecular weight excluding hydrogens is 295 g/mol. The van der Waals surface area contributed by atoms with Gasteiger partial charge in [0, 0.05) is 12.1 Å². The number of nitrogens with zero attached hydrogens (tertiary/aromatic N) is 2. The smallest absolute Gasteiger partial charge is 0.445 e. The second kappa shape index (κ2) is 4.82. The minimum absolute atomic E-state index is 0.105. The highest BCUT2D eigenvalue weighted by Gasteiger charge is 2.35. The number of benzene rings is 1. The third-order valence-corrected chi connectivity index (χ3v) is 3.50. The maximum Gasteiger partial charge on any atom is 0.445 e. The van der Waals surface area contributed by atoms with Gasteiger partial charge in [0.1, 0.15) is 0 Å². The fourth-order valence-corrected chi connectivity index (χ4v) is 2.32. The largest absolute Gasteiger partial charge is 0.454 e. The van der Waals surface area contributed by atoms with E-state index in [1.807, 2.05) is 0 Å². The van der Waals surface area contributed by atoms with Crippen LogP contribution in [0.2, 0.25) is 0 Å². The highest BCUT2D eigenvalue weighted by Crippen LogP contribution is 2.36. The summed E-state index contributed by atoms with van der Waals surface area (Å²) in [4.78, 5) is 0. The summed E-state index contributed by atoms with van der Waals surface area (Å²) in [7, 11) is 0. The van der Waals surface area contributed by atoms with E-state index in [2.05, 4.69) is 15.5 Å². The zero-order valence-electron chi connectivity index (χ0n) is 9.90. The molecule has 0 radical (unpaired) electrons. The highest BCUT2D eigenvalue weighted by atomic mass is 32.1. The van der Waals surface area contributed by atoms with Crippen molar-refractivity contribution in [2.45, 2.75) is 12.7 Å². The molecule has 0 saturated heterocycles. The fraction of sp³-hybridized carbons (Fsp3) is 0.273. The number of alkyl halides is 3. The lowest BCUT2D eigenvalue weighted by atomic mass is 10.2. The standard InChI is InChI=1S/C11H8F3N3O2S/c12-11(13,14)9-16-17-10(20-9)15-4-6-2-1-3-7-8(6)19-5-18-7/h1-3H,4-5H2,(H,15,17). The molecule has 20 heavy (non-hydrogen) atoms. The number of aromatic nitrogens is 2. The van der Waals surface area contributed by atoms with E-state index in [0.717, 1.165) is 5.56 Å². The molecule has 2 heterocycles. The predicted molar refractivity (Wildman–Crippen MR) is 64.8 cm³/mol. The first kappa shape index (κ1) is 13.0. The lowest BCUT2D eigenvalue weighted by molar-refractivity contribution is -0.138. The number of para-hydroxylation sites is 1. The number of nitrogens with one attached hydrogen (secondary N) is 1. The van der Waals surface area contributed by atoms with Crippen molar-refractivity contribution in [3.8, 4) is 11.5 Å². The molecule has 5 nitrogen and oxygen atoms in total. The number of hydrogen-bond donors (Lipinski definition) is 1. The van der Waals surface area contributed by atoms with Crippen LogP contribution in [0.15, 0.2) is 18.2 Å². The van der Waals surface area contributed by atoms with Crippen LogP contribution in [0.25, 0.3) is 0 Å². The molecule has 2 aromatic rings. The van der Waals surface area contributed by atoms with Gasteiger partial charge in [-0.15, -0.1) is 10.2 Å². The Morgan fingerprint density at radius 1 is 1.25 bits per heavy atom. The highest BCUT2D eigenvalue weighted by molar-refractivity contribution is 7.15. The number of fused-ring (bicyclic) bond motifs is 1. The molecule has 1 aromatic carbocycles. The van der Waals surface area contributed by atoms with E-state index in [-0.39, 0.29) is 18.5 Å². The van der Waals surface area contributed by atoms with Gasteiger partial charge in [-0.1, -0.05) is 23.5 Å². The van der Waals surface area contributed by atoms with E-state index < -0.39 is 11.2 Å². The van der Waals surface area contributed by atoms with Crippen LogP contribution in [0.5, 0.6) is 11.5 Å². The van der Waals surface area contributed by atoms with E-state index >= 15 is 0 Å². The van der Waals surface area contributed by atoms with Crippen molar-refractivity contribution in [1.29, 1.82) is 0 Å². The molecule has 9 heteroatoms. The molecule has 1 aliphatic heterocycles. The molecular formula is C11H8F3N3O2S. The lowest BCUT2D eigenvalue weighted by Gasteiger charge is -2.05. The quantitative estimate of drug-likeness (QED) is 0.945. The normalized spacial score (nSPS) is 13.6. The third kappa shape index (κ3) is 2.48. The fourth-order valence-electron chi connectivity index (χ4n) is 1.71. The van der Waals surface area contributed by atoms with Crippen LogP contribution >= 0.6 is 11.3 Å². The van der Waals surface area contributed by atoms with E-state index in [1.165, 1.54) is 0 Å². The van der Waals surface area contributed by atoms with E-state index in [1.54, 1.807) is 18.2 Å². The maximum absolute atomic E-state index is 12.4. The van der Waals surface area contributed by atoms with Crippen LogP contribution in [0.1, 0.15) is 10.6 Å². The Labute approximate surface area is 115 Å². The van der Waals surface area contributed by atoms with Crippen LogP contribution in [0, 0.1) is 0 Å². The van der Waals surface area contributed by atoms with Gasteiger partial charge in [-0.05, 0) is 6.07 Å². The Bertz CT molecular complexity index is 630. The summed E-state index contributed by atoms with van der Waals surface area (Å²) in [6.45, 7) is 0.419. The number of anilines is 1. The summed E-state index contributed by atoms with van der Waals surface area (Å²) in [5.41, 5.74) is 0.781. The van der Waals surface area contributed by atoms with Gasteiger partial charge in [0.05, 0.1) is 0 Å². The van der Waals surface area contributed by atoms with Gasteiger partial charge >= 0.3 is 6.18 Å². The van der Waals surface area contributed by atoms with Crippen molar-refractivity contribution < 1.29 is 22.6 Å². The summed E-state index contributed by atoms with van der Waals surface area (Å²) in [5, 5.41) is 8.48. The van der Waals surface area contributed by atoms with Gasteiger partial charge in [0.15, 0.2) is 11.5 Å². The van der Waals surface area contributed by atoms with Gasteiger partial charge in [-0.3, -0.25) is 0 Å². The zero-order chi connectivity index (χ0) is 14.2. The summed E-state index contributed by atoms with van der Waals surface area (Å²) in [6, 6.07) is 5.34.